The van der Waals surface area contributed by atoms with Gasteiger partial charge in [-0.3, -0.25) is 5.10 Å². The minimum Gasteiger partial charge on any atom is -0.375 e. The Hall–Kier alpha value is -1.72. The predicted octanol–water partition coefficient (Wildman–Crippen LogP) is 2.10. The lowest BCUT2D eigenvalue weighted by molar-refractivity contribution is -0.0279. The van der Waals surface area contributed by atoms with Crippen molar-refractivity contribution >= 4 is 0 Å². The molecule has 5 heteroatoms. The van der Waals surface area contributed by atoms with Crippen LogP contribution < -0.4 is 5.32 Å². The van der Waals surface area contributed by atoms with Crippen molar-refractivity contribution in [3.05, 3.63) is 36.2 Å². The Kier molecular flexibility index (Phi) is 3.45. The second kappa shape index (κ2) is 5.58. The summed E-state index contributed by atoms with van der Waals surface area (Å²) in [5.41, 5.74) is 1.06. The molecule has 0 spiro atoms. The van der Waals surface area contributed by atoms with Crippen LogP contribution in [0.3, 0.4) is 0 Å². The van der Waals surface area contributed by atoms with Crippen LogP contribution in [0.15, 0.2) is 30.3 Å². The topological polar surface area (TPSA) is 62.8 Å². The third kappa shape index (κ3) is 2.59. The number of aromatic amines is 1. The average molecular weight is 284 g/mol. The standard InChI is InChI=1S/C16H20N4O/c1-2-4-11(5-3-1)15-18-16(20-19-15)12-6-7-14-13(10-12)17-8-9-21-14/h1-5,12-14,17H,6-10H2,(H,18,19,20)/t12-,13+,14+/m0/s1. The van der Waals surface area contributed by atoms with Gasteiger partial charge in [-0.2, -0.15) is 5.10 Å². The van der Waals surface area contributed by atoms with Crippen LogP contribution in [0, 0.1) is 0 Å². The number of nitrogens with one attached hydrogen (secondary N) is 2. The highest BCUT2D eigenvalue weighted by atomic mass is 16.5. The molecule has 3 atom stereocenters. The summed E-state index contributed by atoms with van der Waals surface area (Å²) in [7, 11) is 0. The molecule has 2 aromatic rings. The minimum atomic E-state index is 0.381. The van der Waals surface area contributed by atoms with Crippen LogP contribution in [0.1, 0.15) is 31.0 Å². The van der Waals surface area contributed by atoms with Crippen molar-refractivity contribution in [3.8, 4) is 11.4 Å². The lowest BCUT2D eigenvalue weighted by Gasteiger charge is -2.39. The van der Waals surface area contributed by atoms with Crippen molar-refractivity contribution in [1.82, 2.24) is 20.5 Å². The Morgan fingerprint density at radius 2 is 2.05 bits per heavy atom. The summed E-state index contributed by atoms with van der Waals surface area (Å²) >= 11 is 0. The zero-order valence-electron chi connectivity index (χ0n) is 12.0. The van der Waals surface area contributed by atoms with Crippen molar-refractivity contribution in [1.29, 1.82) is 0 Å². The highest BCUT2D eigenvalue weighted by Gasteiger charge is 2.34. The van der Waals surface area contributed by atoms with E-state index in [2.05, 4.69) is 15.5 Å². The number of fused-ring (bicyclic) bond motifs is 1. The molecule has 2 N–H and O–H groups in total. The van der Waals surface area contributed by atoms with Gasteiger partial charge in [-0.15, -0.1) is 0 Å². The zero-order valence-corrected chi connectivity index (χ0v) is 12.0. The van der Waals surface area contributed by atoms with Crippen molar-refractivity contribution in [2.24, 2.45) is 0 Å². The third-order valence-electron chi connectivity index (χ3n) is 4.55. The molecule has 0 bridgehead atoms. The minimum absolute atomic E-state index is 0.381. The summed E-state index contributed by atoms with van der Waals surface area (Å²) in [5, 5.41) is 11.1. The van der Waals surface area contributed by atoms with E-state index in [-0.39, 0.29) is 0 Å². The van der Waals surface area contributed by atoms with E-state index in [0.717, 1.165) is 49.6 Å². The predicted molar refractivity (Wildman–Crippen MR) is 79.9 cm³/mol. The maximum Gasteiger partial charge on any atom is 0.181 e. The second-order valence-corrected chi connectivity index (χ2v) is 5.89. The molecular weight excluding hydrogens is 264 g/mol. The summed E-state index contributed by atoms with van der Waals surface area (Å²) in [4.78, 5) is 4.71. The van der Waals surface area contributed by atoms with Crippen molar-refractivity contribution < 1.29 is 4.74 Å². The van der Waals surface area contributed by atoms with Gasteiger partial charge in [0.25, 0.3) is 0 Å². The molecule has 0 unspecified atom stereocenters. The molecule has 1 aromatic heterocycles. The first-order valence-electron chi connectivity index (χ1n) is 7.73. The number of nitrogens with zero attached hydrogens (tertiary/aromatic N) is 2. The molecule has 21 heavy (non-hydrogen) atoms. The summed E-state index contributed by atoms with van der Waals surface area (Å²) in [6.45, 7) is 1.80. The van der Waals surface area contributed by atoms with Gasteiger partial charge in [0.15, 0.2) is 5.82 Å². The Balaban J connectivity index is 1.51. The van der Waals surface area contributed by atoms with Gasteiger partial charge < -0.3 is 10.1 Å². The summed E-state index contributed by atoms with van der Waals surface area (Å²) in [6.07, 6.45) is 3.68. The van der Waals surface area contributed by atoms with Crippen LogP contribution in [0.4, 0.5) is 0 Å². The summed E-state index contributed by atoms with van der Waals surface area (Å²) in [5.74, 6) is 2.26. The van der Waals surface area contributed by atoms with Crippen LogP contribution in [0.2, 0.25) is 0 Å². The molecule has 0 radical (unpaired) electrons. The third-order valence-corrected chi connectivity index (χ3v) is 4.55. The van der Waals surface area contributed by atoms with Gasteiger partial charge in [0.05, 0.1) is 12.7 Å². The monoisotopic (exact) mass is 284 g/mol. The molecule has 5 nitrogen and oxygen atoms in total. The van der Waals surface area contributed by atoms with Gasteiger partial charge >= 0.3 is 0 Å². The molecule has 1 aliphatic heterocycles. The molecular formula is C16H20N4O. The lowest BCUT2D eigenvalue weighted by Crippen LogP contribution is -2.51. The van der Waals surface area contributed by atoms with Gasteiger partial charge in [-0.25, -0.2) is 4.98 Å². The van der Waals surface area contributed by atoms with Crippen LogP contribution >= 0.6 is 0 Å². The van der Waals surface area contributed by atoms with Crippen LogP contribution in [-0.4, -0.2) is 40.5 Å². The maximum atomic E-state index is 5.83. The largest absolute Gasteiger partial charge is 0.375 e. The van der Waals surface area contributed by atoms with E-state index in [1.54, 1.807) is 0 Å². The smallest absolute Gasteiger partial charge is 0.181 e. The fraction of sp³-hybridized carbons (Fsp3) is 0.500. The number of morpholine rings is 1. The van der Waals surface area contributed by atoms with Gasteiger partial charge in [0.2, 0.25) is 0 Å². The molecule has 1 saturated heterocycles. The van der Waals surface area contributed by atoms with Crippen LogP contribution in [-0.2, 0) is 4.74 Å². The molecule has 2 aliphatic rings. The van der Waals surface area contributed by atoms with E-state index in [9.17, 15) is 0 Å². The SMILES string of the molecule is c1ccc(-c2n[nH]c([C@H]3CC[C@H]4OCCN[C@@H]4C3)n2)cc1. The van der Waals surface area contributed by atoms with Crippen molar-refractivity contribution in [3.63, 3.8) is 0 Å². The van der Waals surface area contributed by atoms with Crippen molar-refractivity contribution in [2.45, 2.75) is 37.3 Å². The molecule has 2 fully saturated rings. The number of hydrogen-bond acceptors (Lipinski definition) is 4. The van der Waals surface area contributed by atoms with E-state index < -0.39 is 0 Å². The van der Waals surface area contributed by atoms with Crippen molar-refractivity contribution in [2.75, 3.05) is 13.2 Å². The molecule has 1 saturated carbocycles. The van der Waals surface area contributed by atoms with E-state index in [1.807, 2.05) is 30.3 Å². The number of rotatable bonds is 2. The number of ether oxygens (including phenoxy) is 1. The molecule has 110 valence electrons. The molecule has 0 amide bonds. The first kappa shape index (κ1) is 13.0. The van der Waals surface area contributed by atoms with E-state index >= 15 is 0 Å². The Morgan fingerprint density at radius 1 is 1.14 bits per heavy atom. The normalized spacial score (nSPS) is 29.0. The number of benzene rings is 1. The van der Waals surface area contributed by atoms with Gasteiger partial charge in [-0.1, -0.05) is 30.3 Å². The number of H-pyrrole nitrogens is 1. The zero-order chi connectivity index (χ0) is 14.1. The summed E-state index contributed by atoms with van der Waals surface area (Å²) in [6, 6.07) is 10.6. The van der Waals surface area contributed by atoms with Gasteiger partial charge in [0.1, 0.15) is 5.82 Å². The van der Waals surface area contributed by atoms with E-state index in [1.165, 1.54) is 0 Å². The van der Waals surface area contributed by atoms with Crippen LogP contribution in [0.25, 0.3) is 11.4 Å². The average Bonchev–Trinajstić information content (AvgIpc) is 3.05. The first-order chi connectivity index (χ1) is 10.4. The number of hydrogen-bond donors (Lipinski definition) is 2. The van der Waals surface area contributed by atoms with Gasteiger partial charge in [0, 0.05) is 24.1 Å². The molecule has 1 aromatic carbocycles. The lowest BCUT2D eigenvalue weighted by atomic mass is 9.82. The second-order valence-electron chi connectivity index (χ2n) is 5.89. The fourth-order valence-corrected chi connectivity index (χ4v) is 3.43. The maximum absolute atomic E-state index is 5.83. The fourth-order valence-electron chi connectivity index (χ4n) is 3.43. The van der Waals surface area contributed by atoms with Gasteiger partial charge in [-0.05, 0) is 19.3 Å². The van der Waals surface area contributed by atoms with E-state index in [0.29, 0.717) is 18.1 Å². The van der Waals surface area contributed by atoms with Crippen LogP contribution in [0.5, 0.6) is 0 Å². The Labute approximate surface area is 124 Å². The number of aromatic nitrogens is 3. The van der Waals surface area contributed by atoms with E-state index in [4.69, 9.17) is 9.72 Å². The highest BCUT2D eigenvalue weighted by Crippen LogP contribution is 2.34. The Morgan fingerprint density at radius 3 is 2.95 bits per heavy atom. The summed E-state index contributed by atoms with van der Waals surface area (Å²) < 4.78 is 5.83. The highest BCUT2D eigenvalue weighted by molar-refractivity contribution is 5.53. The molecule has 2 heterocycles. The Bertz CT molecular complexity index is 597. The quantitative estimate of drug-likeness (QED) is 0.886. The molecule has 4 rings (SSSR count). The first-order valence-corrected chi connectivity index (χ1v) is 7.73. The molecule has 1 aliphatic carbocycles.